The smallest absolute Gasteiger partial charge is 0.283 e. The molecule has 38 heavy (non-hydrogen) atoms. The topological polar surface area (TPSA) is 68.9 Å². The summed E-state index contributed by atoms with van der Waals surface area (Å²) in [6, 6.07) is 20.2. The van der Waals surface area contributed by atoms with E-state index in [1.165, 1.54) is 10.6 Å². The number of aromatic nitrogens is 3. The number of nitrogens with zero attached hydrogens (tertiary/aromatic N) is 3. The maximum Gasteiger partial charge on any atom is 0.283 e. The lowest BCUT2D eigenvalue weighted by molar-refractivity contribution is -0.113. The van der Waals surface area contributed by atoms with E-state index >= 15 is 0 Å². The van der Waals surface area contributed by atoms with Crippen molar-refractivity contribution in [2.24, 2.45) is 7.05 Å². The van der Waals surface area contributed by atoms with E-state index in [9.17, 15) is 18.4 Å². The van der Waals surface area contributed by atoms with Crippen LogP contribution in [0.5, 0.6) is 0 Å². The minimum Gasteiger partial charge on any atom is -0.344 e. The Morgan fingerprint density at radius 2 is 1.76 bits per heavy atom. The van der Waals surface area contributed by atoms with Crippen LogP contribution in [0.1, 0.15) is 12.5 Å². The van der Waals surface area contributed by atoms with Crippen molar-refractivity contribution in [1.29, 1.82) is 0 Å². The van der Waals surface area contributed by atoms with Crippen LogP contribution in [0.2, 0.25) is 0 Å². The number of carbonyl (C=O) groups is 1. The molecule has 0 fully saturated rings. The second-order valence-electron chi connectivity index (χ2n) is 8.73. The summed E-state index contributed by atoms with van der Waals surface area (Å²) in [5.74, 6) is -2.26. The Bertz CT molecular complexity index is 1700. The van der Waals surface area contributed by atoms with Crippen LogP contribution in [0, 0.1) is 11.6 Å². The Morgan fingerprint density at radius 1 is 1.03 bits per heavy atom. The molecule has 3 aromatic carbocycles. The number of hydrogen-bond donors (Lipinski definition) is 1. The molecular formula is C29H24F2N4O2S. The van der Waals surface area contributed by atoms with Crippen molar-refractivity contribution < 1.29 is 13.6 Å². The normalized spacial score (nSPS) is 11.2. The number of halogens is 2. The number of anilines is 1. The van der Waals surface area contributed by atoms with Gasteiger partial charge in [0.1, 0.15) is 22.7 Å². The van der Waals surface area contributed by atoms with Crippen LogP contribution < -0.4 is 10.9 Å². The number of amides is 1. The van der Waals surface area contributed by atoms with Gasteiger partial charge in [-0.2, -0.15) is 0 Å². The van der Waals surface area contributed by atoms with Gasteiger partial charge in [0, 0.05) is 24.9 Å². The van der Waals surface area contributed by atoms with Gasteiger partial charge in [-0.3, -0.25) is 14.2 Å². The van der Waals surface area contributed by atoms with Crippen LogP contribution in [-0.4, -0.2) is 25.8 Å². The molecule has 0 aliphatic rings. The highest BCUT2D eigenvalue weighted by Crippen LogP contribution is 2.30. The van der Waals surface area contributed by atoms with Gasteiger partial charge in [0.2, 0.25) is 5.91 Å². The predicted molar refractivity (Wildman–Crippen MR) is 147 cm³/mol. The molecular weight excluding hydrogens is 506 g/mol. The summed E-state index contributed by atoms with van der Waals surface area (Å²) in [6.45, 7) is 2.05. The van der Waals surface area contributed by atoms with E-state index in [1.54, 1.807) is 11.6 Å². The molecule has 0 spiro atoms. The van der Waals surface area contributed by atoms with E-state index in [1.807, 2.05) is 67.7 Å². The van der Waals surface area contributed by atoms with Gasteiger partial charge in [-0.15, -0.1) is 0 Å². The summed E-state index contributed by atoms with van der Waals surface area (Å²) in [6.07, 6.45) is 2.73. The highest BCUT2D eigenvalue weighted by molar-refractivity contribution is 7.99. The van der Waals surface area contributed by atoms with Crippen LogP contribution >= 0.6 is 11.8 Å². The standard InChI is InChI=1S/C29H24F2N4O2S/c1-3-18-9-12-21(13-10-18)35-28(37)27-26(22(16-34(27)2)19-7-5-4-6-8-19)33-29(35)38-17-25(36)32-24-14-11-20(30)15-23(24)31/h4-16H,3,17H2,1-2H3,(H,32,36). The van der Waals surface area contributed by atoms with Crippen molar-refractivity contribution in [3.8, 4) is 16.8 Å². The predicted octanol–water partition coefficient (Wildman–Crippen LogP) is 5.96. The zero-order chi connectivity index (χ0) is 26.8. The number of nitrogens with one attached hydrogen (secondary N) is 1. The summed E-state index contributed by atoms with van der Waals surface area (Å²) in [7, 11) is 1.81. The van der Waals surface area contributed by atoms with Gasteiger partial charge >= 0.3 is 0 Å². The Balaban J connectivity index is 1.58. The summed E-state index contributed by atoms with van der Waals surface area (Å²) < 4.78 is 30.5. The van der Waals surface area contributed by atoms with Crippen LogP contribution in [0.15, 0.2) is 88.9 Å². The van der Waals surface area contributed by atoms with Gasteiger partial charge in [0.25, 0.3) is 5.56 Å². The lowest BCUT2D eigenvalue weighted by Gasteiger charge is -2.14. The average Bonchev–Trinajstić information content (AvgIpc) is 3.26. The van der Waals surface area contributed by atoms with Crippen molar-refractivity contribution in [3.05, 3.63) is 107 Å². The summed E-state index contributed by atoms with van der Waals surface area (Å²) in [5.41, 5.74) is 4.03. The largest absolute Gasteiger partial charge is 0.344 e. The van der Waals surface area contributed by atoms with Gasteiger partial charge in [0.05, 0.1) is 17.1 Å². The summed E-state index contributed by atoms with van der Waals surface area (Å²) in [4.78, 5) is 31.4. The molecule has 5 rings (SSSR count). The molecule has 9 heteroatoms. The van der Waals surface area contributed by atoms with E-state index < -0.39 is 17.5 Å². The van der Waals surface area contributed by atoms with E-state index in [2.05, 4.69) is 5.32 Å². The zero-order valence-corrected chi connectivity index (χ0v) is 21.6. The molecule has 2 aromatic heterocycles. The zero-order valence-electron chi connectivity index (χ0n) is 20.7. The SMILES string of the molecule is CCc1ccc(-n2c(SCC(=O)Nc3ccc(F)cc3F)nc3c(-c4ccccc4)cn(C)c3c2=O)cc1. The second-order valence-corrected chi connectivity index (χ2v) is 9.68. The van der Waals surface area contributed by atoms with Crippen molar-refractivity contribution in [2.45, 2.75) is 18.5 Å². The molecule has 192 valence electrons. The first-order valence-corrected chi connectivity index (χ1v) is 13.0. The second kappa shape index (κ2) is 10.6. The van der Waals surface area contributed by atoms with Crippen LogP contribution in [0.25, 0.3) is 27.8 Å². The first-order chi connectivity index (χ1) is 18.4. The van der Waals surface area contributed by atoms with Crippen molar-refractivity contribution >= 4 is 34.4 Å². The lowest BCUT2D eigenvalue weighted by atomic mass is 10.1. The fourth-order valence-corrected chi connectivity index (χ4v) is 5.06. The third-order valence-electron chi connectivity index (χ3n) is 6.18. The van der Waals surface area contributed by atoms with Gasteiger partial charge < -0.3 is 9.88 Å². The number of fused-ring (bicyclic) bond motifs is 1. The Labute approximate surface area is 222 Å². The van der Waals surface area contributed by atoms with Gasteiger partial charge in [-0.25, -0.2) is 13.8 Å². The fourth-order valence-electron chi connectivity index (χ4n) is 4.26. The highest BCUT2D eigenvalue weighted by Gasteiger charge is 2.20. The molecule has 0 unspecified atom stereocenters. The molecule has 1 amide bonds. The summed E-state index contributed by atoms with van der Waals surface area (Å²) >= 11 is 1.06. The third-order valence-corrected chi connectivity index (χ3v) is 7.12. The number of hydrogen-bond acceptors (Lipinski definition) is 4. The third kappa shape index (κ3) is 4.97. The molecule has 0 saturated carbocycles. The van der Waals surface area contributed by atoms with Gasteiger partial charge in [-0.1, -0.05) is 61.2 Å². The van der Waals surface area contributed by atoms with Crippen LogP contribution in [-0.2, 0) is 18.3 Å². The van der Waals surface area contributed by atoms with E-state index in [4.69, 9.17) is 4.98 Å². The van der Waals surface area contributed by atoms with Crippen molar-refractivity contribution in [2.75, 3.05) is 11.1 Å². The molecule has 2 heterocycles. The minimum atomic E-state index is -0.868. The molecule has 0 aliphatic heterocycles. The lowest BCUT2D eigenvalue weighted by Crippen LogP contribution is -2.24. The Hall–Kier alpha value is -4.24. The number of aryl methyl sites for hydroxylation is 2. The first-order valence-electron chi connectivity index (χ1n) is 12.0. The number of benzene rings is 3. The van der Waals surface area contributed by atoms with Crippen LogP contribution in [0.3, 0.4) is 0 Å². The molecule has 5 aromatic rings. The quantitative estimate of drug-likeness (QED) is 0.208. The average molecular weight is 531 g/mol. The monoisotopic (exact) mass is 530 g/mol. The van der Waals surface area contributed by atoms with E-state index in [0.29, 0.717) is 27.9 Å². The molecule has 0 atom stereocenters. The van der Waals surface area contributed by atoms with E-state index in [-0.39, 0.29) is 17.0 Å². The van der Waals surface area contributed by atoms with Crippen LogP contribution in [0.4, 0.5) is 14.5 Å². The number of carbonyl (C=O) groups excluding carboxylic acids is 1. The number of rotatable bonds is 7. The van der Waals surface area contributed by atoms with E-state index in [0.717, 1.165) is 40.9 Å². The molecule has 0 saturated heterocycles. The molecule has 0 bridgehead atoms. The minimum absolute atomic E-state index is 0.123. The van der Waals surface area contributed by atoms with Crippen molar-refractivity contribution in [1.82, 2.24) is 14.1 Å². The maximum atomic E-state index is 14.0. The molecule has 6 nitrogen and oxygen atoms in total. The molecule has 0 aliphatic carbocycles. The Kier molecular flexibility index (Phi) is 7.11. The highest BCUT2D eigenvalue weighted by atomic mass is 32.2. The molecule has 0 radical (unpaired) electrons. The maximum absolute atomic E-state index is 14.0. The van der Waals surface area contributed by atoms with Gasteiger partial charge in [-0.05, 0) is 41.8 Å². The molecule has 1 N–H and O–H groups in total. The first kappa shape index (κ1) is 25.4. The van der Waals surface area contributed by atoms with Gasteiger partial charge in [0.15, 0.2) is 5.16 Å². The fraction of sp³-hybridized carbons (Fsp3) is 0.138. The summed E-state index contributed by atoms with van der Waals surface area (Å²) in [5, 5.41) is 2.78. The number of thioether (sulfide) groups is 1. The van der Waals surface area contributed by atoms with Crippen molar-refractivity contribution in [3.63, 3.8) is 0 Å². The Morgan fingerprint density at radius 3 is 2.45 bits per heavy atom.